The van der Waals surface area contributed by atoms with Gasteiger partial charge in [0.15, 0.2) is 0 Å². The van der Waals surface area contributed by atoms with Gasteiger partial charge in [-0.1, -0.05) is 6.92 Å². The first-order chi connectivity index (χ1) is 10.0. The molecule has 0 aliphatic heterocycles. The smallest absolute Gasteiger partial charge is 0.139 e. The summed E-state index contributed by atoms with van der Waals surface area (Å²) in [6, 6.07) is 3.29. The minimum atomic E-state index is -0.114. The molecule has 4 atom stereocenters. The zero-order chi connectivity index (χ0) is 14.8. The van der Waals surface area contributed by atoms with E-state index < -0.39 is 0 Å². The average Bonchev–Trinajstić information content (AvgIpc) is 2.74. The van der Waals surface area contributed by atoms with Crippen molar-refractivity contribution in [3.05, 3.63) is 23.3 Å². The first-order valence-electron chi connectivity index (χ1n) is 8.09. The highest BCUT2D eigenvalue weighted by Crippen LogP contribution is 2.60. The van der Waals surface area contributed by atoms with Crippen molar-refractivity contribution in [3.63, 3.8) is 0 Å². The van der Waals surface area contributed by atoms with Crippen LogP contribution in [-0.4, -0.2) is 16.0 Å². The van der Waals surface area contributed by atoms with Crippen LogP contribution in [0.1, 0.15) is 56.1 Å². The van der Waals surface area contributed by atoms with Gasteiger partial charge in [0.25, 0.3) is 0 Å². The Hall–Kier alpha value is -1.51. The Morgan fingerprint density at radius 3 is 2.76 bits per heavy atom. The Kier molecular flexibility index (Phi) is 2.66. The third kappa shape index (κ3) is 1.69. The van der Waals surface area contributed by atoms with Crippen molar-refractivity contribution < 1.29 is 15.0 Å². The van der Waals surface area contributed by atoms with E-state index in [1.165, 1.54) is 6.07 Å². The van der Waals surface area contributed by atoms with Crippen molar-refractivity contribution in [1.29, 1.82) is 0 Å². The van der Waals surface area contributed by atoms with E-state index in [0.717, 1.165) is 49.7 Å². The fraction of sp³-hybridized carbons (Fsp3) is 0.611. The number of carbonyl (C=O) groups is 1. The molecule has 0 bridgehead atoms. The number of benzene rings is 1. The summed E-state index contributed by atoms with van der Waals surface area (Å²) in [7, 11) is 0. The van der Waals surface area contributed by atoms with E-state index in [1.54, 1.807) is 0 Å². The maximum absolute atomic E-state index is 12.3. The van der Waals surface area contributed by atoms with E-state index in [-0.39, 0.29) is 16.9 Å². The summed E-state index contributed by atoms with van der Waals surface area (Å²) >= 11 is 0. The molecule has 0 heterocycles. The molecule has 3 nitrogen and oxygen atoms in total. The molecule has 21 heavy (non-hydrogen) atoms. The molecule has 1 aromatic carbocycles. The molecule has 1 aromatic rings. The first-order valence-corrected chi connectivity index (χ1v) is 8.09. The molecule has 0 amide bonds. The minimum Gasteiger partial charge on any atom is -0.508 e. The lowest BCUT2D eigenvalue weighted by Gasteiger charge is -2.48. The standard InChI is InChI=1S/C18H22O3/c1-18-7-6-11-12(15(18)4-5-17(18)21)2-3-13-14(11)8-10(19)9-16(13)20/h8-9,11-12,15,19-20H,2-7H2,1H3/t11-,12+,15-,18-/m0/s1. The zero-order valence-electron chi connectivity index (χ0n) is 12.4. The lowest BCUT2D eigenvalue weighted by Crippen LogP contribution is -2.42. The van der Waals surface area contributed by atoms with Gasteiger partial charge in [0.2, 0.25) is 0 Å². The number of Topliss-reactive ketones (excluding diaryl/α,β-unsaturated/α-hetero) is 1. The molecule has 2 fully saturated rings. The summed E-state index contributed by atoms with van der Waals surface area (Å²) in [5.41, 5.74) is 2.03. The van der Waals surface area contributed by atoms with E-state index in [2.05, 4.69) is 6.92 Å². The largest absolute Gasteiger partial charge is 0.508 e. The molecule has 2 saturated carbocycles. The lowest BCUT2D eigenvalue weighted by molar-refractivity contribution is -0.129. The van der Waals surface area contributed by atoms with Gasteiger partial charge in [-0.05, 0) is 67.1 Å². The second-order valence-electron chi connectivity index (χ2n) is 7.37. The highest BCUT2D eigenvalue weighted by molar-refractivity contribution is 5.87. The van der Waals surface area contributed by atoms with Crippen molar-refractivity contribution in [1.82, 2.24) is 0 Å². The van der Waals surface area contributed by atoms with Crippen molar-refractivity contribution in [3.8, 4) is 11.5 Å². The van der Waals surface area contributed by atoms with E-state index in [4.69, 9.17) is 0 Å². The summed E-state index contributed by atoms with van der Waals surface area (Å²) in [6.45, 7) is 2.17. The molecular weight excluding hydrogens is 264 g/mol. The number of phenolic OH excluding ortho intramolecular Hbond substituents is 2. The number of aromatic hydroxyl groups is 2. The van der Waals surface area contributed by atoms with Gasteiger partial charge in [0, 0.05) is 17.9 Å². The van der Waals surface area contributed by atoms with Gasteiger partial charge in [0.05, 0.1) is 0 Å². The first kappa shape index (κ1) is 13.2. The molecule has 2 N–H and O–H groups in total. The van der Waals surface area contributed by atoms with Gasteiger partial charge in [0.1, 0.15) is 17.3 Å². The quantitative estimate of drug-likeness (QED) is 0.767. The number of rotatable bonds is 0. The van der Waals surface area contributed by atoms with Crippen LogP contribution in [0.5, 0.6) is 11.5 Å². The average molecular weight is 286 g/mol. The highest BCUT2D eigenvalue weighted by Gasteiger charge is 2.54. The van der Waals surface area contributed by atoms with Gasteiger partial charge in [-0.25, -0.2) is 0 Å². The Morgan fingerprint density at radius 2 is 1.95 bits per heavy atom. The summed E-state index contributed by atoms with van der Waals surface area (Å²) in [4.78, 5) is 12.3. The predicted octanol–water partition coefficient (Wildman–Crippen LogP) is 3.52. The van der Waals surface area contributed by atoms with Crippen molar-refractivity contribution >= 4 is 5.78 Å². The Bertz CT molecular complexity index is 621. The molecule has 3 aliphatic carbocycles. The van der Waals surface area contributed by atoms with Gasteiger partial charge >= 0.3 is 0 Å². The minimum absolute atomic E-state index is 0.114. The Morgan fingerprint density at radius 1 is 1.14 bits per heavy atom. The molecule has 112 valence electrons. The molecular formula is C18H22O3. The summed E-state index contributed by atoms with van der Waals surface area (Å²) < 4.78 is 0. The van der Waals surface area contributed by atoms with Gasteiger partial charge in [-0.15, -0.1) is 0 Å². The van der Waals surface area contributed by atoms with Crippen LogP contribution < -0.4 is 0 Å². The molecule has 0 spiro atoms. The van der Waals surface area contributed by atoms with Gasteiger partial charge in [-0.3, -0.25) is 4.79 Å². The fourth-order valence-electron chi connectivity index (χ4n) is 5.42. The molecule has 0 unspecified atom stereocenters. The zero-order valence-corrected chi connectivity index (χ0v) is 12.4. The normalized spacial score (nSPS) is 37.8. The van der Waals surface area contributed by atoms with E-state index in [0.29, 0.717) is 23.5 Å². The molecule has 0 radical (unpaired) electrons. The molecule has 0 aromatic heterocycles. The maximum atomic E-state index is 12.3. The van der Waals surface area contributed by atoms with Crippen LogP contribution in [0, 0.1) is 17.3 Å². The van der Waals surface area contributed by atoms with Crippen molar-refractivity contribution in [2.45, 2.75) is 51.4 Å². The number of hydrogen-bond acceptors (Lipinski definition) is 3. The van der Waals surface area contributed by atoms with Crippen molar-refractivity contribution in [2.24, 2.45) is 17.3 Å². The molecule has 3 aliphatic rings. The SMILES string of the molecule is C[C@]12CC[C@@H]3c4cc(O)cc(O)c4CC[C@H]3[C@@H]1CCC2=O. The van der Waals surface area contributed by atoms with E-state index in [9.17, 15) is 15.0 Å². The third-order valence-electron chi connectivity index (χ3n) is 6.52. The summed E-state index contributed by atoms with van der Waals surface area (Å²) in [6.07, 6.45) is 5.64. The van der Waals surface area contributed by atoms with E-state index in [1.807, 2.05) is 6.07 Å². The van der Waals surface area contributed by atoms with E-state index >= 15 is 0 Å². The number of carbonyl (C=O) groups excluding carboxylic acids is 1. The lowest BCUT2D eigenvalue weighted by atomic mass is 9.55. The highest BCUT2D eigenvalue weighted by atomic mass is 16.3. The molecule has 4 rings (SSSR count). The second kappa shape index (κ2) is 4.25. The second-order valence-corrected chi connectivity index (χ2v) is 7.37. The topological polar surface area (TPSA) is 57.5 Å². The maximum Gasteiger partial charge on any atom is 0.139 e. The summed E-state index contributed by atoms with van der Waals surface area (Å²) in [5.74, 6) is 2.26. The van der Waals surface area contributed by atoms with Crippen LogP contribution in [0.15, 0.2) is 12.1 Å². The number of ketones is 1. The van der Waals surface area contributed by atoms with Crippen LogP contribution in [0.3, 0.4) is 0 Å². The van der Waals surface area contributed by atoms with Crippen LogP contribution in [0.2, 0.25) is 0 Å². The third-order valence-corrected chi connectivity index (χ3v) is 6.52. The number of hydrogen-bond donors (Lipinski definition) is 2. The Labute approximate surface area is 125 Å². The number of fused-ring (bicyclic) bond motifs is 5. The molecule has 3 heteroatoms. The number of phenols is 2. The van der Waals surface area contributed by atoms with Crippen LogP contribution in [0.4, 0.5) is 0 Å². The van der Waals surface area contributed by atoms with Gasteiger partial charge in [-0.2, -0.15) is 0 Å². The monoisotopic (exact) mass is 286 g/mol. The van der Waals surface area contributed by atoms with Gasteiger partial charge < -0.3 is 10.2 Å². The predicted molar refractivity (Wildman–Crippen MR) is 79.4 cm³/mol. The fourth-order valence-corrected chi connectivity index (χ4v) is 5.42. The molecule has 0 saturated heterocycles. The van der Waals surface area contributed by atoms with Crippen LogP contribution in [0.25, 0.3) is 0 Å². The van der Waals surface area contributed by atoms with Crippen molar-refractivity contribution in [2.75, 3.05) is 0 Å². The summed E-state index contributed by atoms with van der Waals surface area (Å²) in [5, 5.41) is 19.9. The Balaban J connectivity index is 1.77. The van der Waals surface area contributed by atoms with Crippen LogP contribution in [-0.2, 0) is 11.2 Å². The van der Waals surface area contributed by atoms with Crippen LogP contribution >= 0.6 is 0 Å².